The number of morpholine rings is 1. The van der Waals surface area contributed by atoms with Crippen molar-refractivity contribution in [2.24, 2.45) is 0 Å². The van der Waals surface area contributed by atoms with E-state index < -0.39 is 0 Å². The Morgan fingerprint density at radius 2 is 2.25 bits per heavy atom. The van der Waals surface area contributed by atoms with Crippen LogP contribution in [0.1, 0.15) is 40.0 Å². The Bertz CT molecular complexity index is 175. The standard InChI is InChI=1S/C13H28N2O/c1-4-6-12(3)14-7-8-15-9-10-16-13(5-2)11-15/h12-14H,4-11H2,1-3H3. The SMILES string of the molecule is CCCC(C)NCCN1CCOC(CC)C1. The molecule has 1 aliphatic heterocycles. The van der Waals surface area contributed by atoms with E-state index in [4.69, 9.17) is 4.74 Å². The average molecular weight is 228 g/mol. The largest absolute Gasteiger partial charge is 0.376 e. The van der Waals surface area contributed by atoms with E-state index in [0.29, 0.717) is 12.1 Å². The Hall–Kier alpha value is -0.120. The van der Waals surface area contributed by atoms with Crippen molar-refractivity contribution >= 4 is 0 Å². The lowest BCUT2D eigenvalue weighted by molar-refractivity contribution is -0.0292. The average Bonchev–Trinajstić information content (AvgIpc) is 2.30. The molecule has 1 heterocycles. The molecular formula is C13H28N2O. The minimum absolute atomic E-state index is 0.460. The molecule has 0 spiro atoms. The number of hydrogen-bond acceptors (Lipinski definition) is 3. The highest BCUT2D eigenvalue weighted by Gasteiger charge is 2.18. The Balaban J connectivity index is 2.08. The number of ether oxygens (including phenoxy) is 1. The minimum atomic E-state index is 0.460. The summed E-state index contributed by atoms with van der Waals surface area (Å²) in [5.74, 6) is 0. The van der Waals surface area contributed by atoms with Crippen LogP contribution in [0, 0.1) is 0 Å². The summed E-state index contributed by atoms with van der Waals surface area (Å²) >= 11 is 0. The molecule has 3 nitrogen and oxygen atoms in total. The Morgan fingerprint density at radius 3 is 2.94 bits per heavy atom. The number of rotatable bonds is 7. The first-order chi connectivity index (χ1) is 7.76. The molecule has 16 heavy (non-hydrogen) atoms. The molecule has 96 valence electrons. The van der Waals surface area contributed by atoms with Crippen molar-refractivity contribution in [3.63, 3.8) is 0 Å². The third kappa shape index (κ3) is 5.28. The third-order valence-corrected chi connectivity index (χ3v) is 3.32. The van der Waals surface area contributed by atoms with E-state index in [1.54, 1.807) is 0 Å². The zero-order chi connectivity index (χ0) is 11.8. The molecule has 0 aromatic rings. The van der Waals surface area contributed by atoms with Crippen molar-refractivity contribution in [2.45, 2.75) is 52.2 Å². The van der Waals surface area contributed by atoms with Crippen molar-refractivity contribution in [3.05, 3.63) is 0 Å². The summed E-state index contributed by atoms with van der Waals surface area (Å²) in [7, 11) is 0. The van der Waals surface area contributed by atoms with Crippen LogP contribution in [0.25, 0.3) is 0 Å². The summed E-state index contributed by atoms with van der Waals surface area (Å²) < 4.78 is 5.66. The second-order valence-corrected chi connectivity index (χ2v) is 4.85. The highest BCUT2D eigenvalue weighted by atomic mass is 16.5. The maximum absolute atomic E-state index is 5.66. The highest BCUT2D eigenvalue weighted by molar-refractivity contribution is 4.71. The molecule has 2 atom stereocenters. The van der Waals surface area contributed by atoms with Gasteiger partial charge in [0.25, 0.3) is 0 Å². The van der Waals surface area contributed by atoms with Crippen LogP contribution in [0.4, 0.5) is 0 Å². The molecule has 1 saturated heterocycles. The van der Waals surface area contributed by atoms with Crippen molar-refractivity contribution in [1.82, 2.24) is 10.2 Å². The normalized spacial score (nSPS) is 24.6. The van der Waals surface area contributed by atoms with Crippen LogP contribution in [0.2, 0.25) is 0 Å². The van der Waals surface area contributed by atoms with Crippen LogP contribution in [0.15, 0.2) is 0 Å². The number of nitrogens with one attached hydrogen (secondary N) is 1. The van der Waals surface area contributed by atoms with E-state index in [1.165, 1.54) is 12.8 Å². The van der Waals surface area contributed by atoms with Crippen LogP contribution in [-0.2, 0) is 4.74 Å². The molecule has 1 N–H and O–H groups in total. The van der Waals surface area contributed by atoms with Crippen molar-refractivity contribution in [1.29, 1.82) is 0 Å². The first kappa shape index (κ1) is 13.9. The monoisotopic (exact) mass is 228 g/mol. The third-order valence-electron chi connectivity index (χ3n) is 3.32. The molecule has 1 aliphatic rings. The summed E-state index contributed by atoms with van der Waals surface area (Å²) in [5, 5.41) is 3.58. The van der Waals surface area contributed by atoms with Crippen LogP contribution in [0.5, 0.6) is 0 Å². The van der Waals surface area contributed by atoms with Gasteiger partial charge < -0.3 is 10.1 Å². The predicted octanol–water partition coefficient (Wildman–Crippen LogP) is 1.88. The zero-order valence-electron chi connectivity index (χ0n) is 11.2. The molecule has 1 rings (SSSR count). The fourth-order valence-corrected chi connectivity index (χ4v) is 2.23. The molecule has 0 amide bonds. The highest BCUT2D eigenvalue weighted by Crippen LogP contribution is 2.07. The lowest BCUT2D eigenvalue weighted by Gasteiger charge is -2.32. The van der Waals surface area contributed by atoms with E-state index in [9.17, 15) is 0 Å². The van der Waals surface area contributed by atoms with Crippen molar-refractivity contribution in [2.75, 3.05) is 32.8 Å². The van der Waals surface area contributed by atoms with Gasteiger partial charge in [0.05, 0.1) is 12.7 Å². The van der Waals surface area contributed by atoms with E-state index >= 15 is 0 Å². The zero-order valence-corrected chi connectivity index (χ0v) is 11.2. The lowest BCUT2D eigenvalue weighted by Crippen LogP contribution is -2.45. The Morgan fingerprint density at radius 1 is 1.44 bits per heavy atom. The van der Waals surface area contributed by atoms with Gasteiger partial charge in [-0.05, 0) is 19.8 Å². The first-order valence-corrected chi connectivity index (χ1v) is 6.83. The van der Waals surface area contributed by atoms with Gasteiger partial charge in [-0.1, -0.05) is 20.3 Å². The maximum Gasteiger partial charge on any atom is 0.0700 e. The van der Waals surface area contributed by atoms with Gasteiger partial charge in [-0.25, -0.2) is 0 Å². The number of hydrogen-bond donors (Lipinski definition) is 1. The van der Waals surface area contributed by atoms with Gasteiger partial charge in [-0.3, -0.25) is 4.90 Å². The molecule has 2 unspecified atom stereocenters. The smallest absolute Gasteiger partial charge is 0.0700 e. The van der Waals surface area contributed by atoms with Gasteiger partial charge in [-0.15, -0.1) is 0 Å². The predicted molar refractivity (Wildman–Crippen MR) is 68.8 cm³/mol. The van der Waals surface area contributed by atoms with Crippen LogP contribution in [-0.4, -0.2) is 49.8 Å². The number of nitrogens with zero attached hydrogens (tertiary/aromatic N) is 1. The van der Waals surface area contributed by atoms with Crippen LogP contribution in [0.3, 0.4) is 0 Å². The minimum Gasteiger partial charge on any atom is -0.376 e. The van der Waals surface area contributed by atoms with Gasteiger partial charge >= 0.3 is 0 Å². The Labute approximate surface area is 101 Å². The van der Waals surface area contributed by atoms with Gasteiger partial charge in [0.15, 0.2) is 0 Å². The molecule has 0 bridgehead atoms. The molecule has 0 aliphatic carbocycles. The van der Waals surface area contributed by atoms with E-state index in [-0.39, 0.29) is 0 Å². The second kappa shape index (κ2) is 8.04. The summed E-state index contributed by atoms with van der Waals surface area (Å²) in [6.45, 7) is 12.1. The van der Waals surface area contributed by atoms with Crippen LogP contribution < -0.4 is 5.32 Å². The summed E-state index contributed by atoms with van der Waals surface area (Å²) in [4.78, 5) is 2.52. The fraction of sp³-hybridized carbons (Fsp3) is 1.00. The van der Waals surface area contributed by atoms with Gasteiger partial charge in [0, 0.05) is 32.2 Å². The van der Waals surface area contributed by atoms with Crippen molar-refractivity contribution in [3.8, 4) is 0 Å². The summed E-state index contributed by atoms with van der Waals surface area (Å²) in [6, 6.07) is 0.660. The molecular weight excluding hydrogens is 200 g/mol. The van der Waals surface area contributed by atoms with Gasteiger partial charge in [0.2, 0.25) is 0 Å². The molecule has 0 aromatic carbocycles. The quantitative estimate of drug-likeness (QED) is 0.720. The van der Waals surface area contributed by atoms with E-state index in [1.807, 2.05) is 0 Å². The first-order valence-electron chi connectivity index (χ1n) is 6.83. The molecule has 0 aromatic heterocycles. The maximum atomic E-state index is 5.66. The Kier molecular flexibility index (Phi) is 7.01. The van der Waals surface area contributed by atoms with Crippen LogP contribution >= 0.6 is 0 Å². The molecule has 1 fully saturated rings. The second-order valence-electron chi connectivity index (χ2n) is 4.85. The molecule has 3 heteroatoms. The van der Waals surface area contributed by atoms with Crippen molar-refractivity contribution < 1.29 is 4.74 Å². The molecule has 0 saturated carbocycles. The fourth-order valence-electron chi connectivity index (χ4n) is 2.23. The van der Waals surface area contributed by atoms with E-state index in [0.717, 1.165) is 39.2 Å². The van der Waals surface area contributed by atoms with Gasteiger partial charge in [-0.2, -0.15) is 0 Å². The molecule has 0 radical (unpaired) electrons. The topological polar surface area (TPSA) is 24.5 Å². The van der Waals surface area contributed by atoms with E-state index in [2.05, 4.69) is 31.0 Å². The van der Waals surface area contributed by atoms with Gasteiger partial charge in [0.1, 0.15) is 0 Å². The lowest BCUT2D eigenvalue weighted by atomic mass is 10.2. The summed E-state index contributed by atoms with van der Waals surface area (Å²) in [5.41, 5.74) is 0. The summed E-state index contributed by atoms with van der Waals surface area (Å²) in [6.07, 6.45) is 4.14.